The maximum Gasteiger partial charge on any atom is 0.220 e. The van der Waals surface area contributed by atoms with Gasteiger partial charge in [0, 0.05) is 5.92 Å². The number of benzene rings is 1. The molecule has 1 atom stereocenters. The number of hydrogen-bond acceptors (Lipinski definition) is 2. The van der Waals surface area contributed by atoms with Gasteiger partial charge in [-0.2, -0.15) is 0 Å². The molecule has 3 nitrogen and oxygen atoms in total. The van der Waals surface area contributed by atoms with Crippen LogP contribution < -0.4 is 5.73 Å². The van der Waals surface area contributed by atoms with Crippen LogP contribution in [0.15, 0.2) is 24.3 Å². The fraction of sp³-hybridized carbons (Fsp3) is 0.708. The van der Waals surface area contributed by atoms with Crippen LogP contribution in [0.5, 0.6) is 5.75 Å². The van der Waals surface area contributed by atoms with Gasteiger partial charge in [-0.25, -0.2) is 0 Å². The Hall–Kier alpha value is -1.51. The van der Waals surface area contributed by atoms with Gasteiger partial charge in [0.25, 0.3) is 0 Å². The van der Waals surface area contributed by atoms with Crippen LogP contribution in [-0.2, 0) is 11.2 Å². The maximum atomic E-state index is 11.7. The number of aryl methyl sites for hydroxylation is 1. The monoisotopic (exact) mass is 375 g/mol. The number of amides is 1. The smallest absolute Gasteiger partial charge is 0.220 e. The van der Waals surface area contributed by atoms with Crippen molar-refractivity contribution < 1.29 is 9.90 Å². The number of aromatic hydroxyl groups is 1. The van der Waals surface area contributed by atoms with Gasteiger partial charge in [0.1, 0.15) is 5.75 Å². The average Bonchev–Trinajstić information content (AvgIpc) is 2.66. The summed E-state index contributed by atoms with van der Waals surface area (Å²) >= 11 is 0. The van der Waals surface area contributed by atoms with E-state index in [1.165, 1.54) is 70.6 Å². The van der Waals surface area contributed by atoms with E-state index < -0.39 is 0 Å². The van der Waals surface area contributed by atoms with Gasteiger partial charge in [-0.3, -0.25) is 4.79 Å². The lowest BCUT2D eigenvalue weighted by atomic mass is 9.93. The summed E-state index contributed by atoms with van der Waals surface area (Å²) in [6.07, 6.45) is 18.5. The van der Waals surface area contributed by atoms with Crippen molar-refractivity contribution in [2.24, 2.45) is 11.7 Å². The first-order valence-corrected chi connectivity index (χ1v) is 11.2. The molecular formula is C24H41NO2. The van der Waals surface area contributed by atoms with Gasteiger partial charge in [-0.05, 0) is 37.0 Å². The van der Waals surface area contributed by atoms with Crippen molar-refractivity contribution in [2.45, 2.75) is 103 Å². The lowest BCUT2D eigenvalue weighted by molar-refractivity contribution is -0.122. The van der Waals surface area contributed by atoms with E-state index in [-0.39, 0.29) is 17.6 Å². The van der Waals surface area contributed by atoms with Gasteiger partial charge in [0.2, 0.25) is 5.91 Å². The molecule has 0 radical (unpaired) electrons. The first-order valence-electron chi connectivity index (χ1n) is 11.2. The second kappa shape index (κ2) is 15.5. The number of primary amides is 1. The predicted octanol–water partition coefficient (Wildman–Crippen LogP) is 6.52. The molecule has 0 aliphatic rings. The van der Waals surface area contributed by atoms with Crippen molar-refractivity contribution in [1.82, 2.24) is 0 Å². The Balaban J connectivity index is 2.02. The first kappa shape index (κ1) is 23.5. The van der Waals surface area contributed by atoms with Crippen molar-refractivity contribution in [1.29, 1.82) is 0 Å². The number of nitrogens with two attached hydrogens (primary N) is 1. The van der Waals surface area contributed by atoms with E-state index >= 15 is 0 Å². The van der Waals surface area contributed by atoms with Crippen LogP contribution in [0.1, 0.15) is 102 Å². The highest BCUT2D eigenvalue weighted by molar-refractivity contribution is 5.76. The molecular weight excluding hydrogens is 334 g/mol. The SMILES string of the molecule is CCCCCCCCCCCCCCC(CCc1ccc(O)cc1)C(N)=O. The summed E-state index contributed by atoms with van der Waals surface area (Å²) in [5.74, 6) is 0.0838. The number of phenols is 1. The fourth-order valence-electron chi connectivity index (χ4n) is 3.66. The van der Waals surface area contributed by atoms with Crippen LogP contribution in [0.2, 0.25) is 0 Å². The van der Waals surface area contributed by atoms with Crippen molar-refractivity contribution in [3.63, 3.8) is 0 Å². The van der Waals surface area contributed by atoms with Gasteiger partial charge in [0.05, 0.1) is 0 Å². The lowest BCUT2D eigenvalue weighted by Gasteiger charge is -2.13. The zero-order valence-corrected chi connectivity index (χ0v) is 17.4. The van der Waals surface area contributed by atoms with E-state index in [2.05, 4.69) is 6.92 Å². The fourth-order valence-corrected chi connectivity index (χ4v) is 3.66. The van der Waals surface area contributed by atoms with Crippen LogP contribution in [0.3, 0.4) is 0 Å². The molecule has 1 amide bonds. The van der Waals surface area contributed by atoms with E-state index in [9.17, 15) is 9.90 Å². The molecule has 1 rings (SSSR count). The molecule has 0 spiro atoms. The summed E-state index contributed by atoms with van der Waals surface area (Å²) in [6.45, 7) is 2.27. The van der Waals surface area contributed by atoms with Crippen LogP contribution in [0.25, 0.3) is 0 Å². The Morgan fingerprint density at radius 2 is 1.30 bits per heavy atom. The quantitative estimate of drug-likeness (QED) is 0.304. The molecule has 0 aliphatic heterocycles. The number of phenolic OH excluding ortho intramolecular Hbond substituents is 1. The summed E-state index contributed by atoms with van der Waals surface area (Å²) in [7, 11) is 0. The molecule has 3 heteroatoms. The Morgan fingerprint density at radius 1 is 0.815 bits per heavy atom. The number of hydrogen-bond donors (Lipinski definition) is 2. The molecule has 1 unspecified atom stereocenters. The van der Waals surface area contributed by atoms with E-state index in [0.29, 0.717) is 0 Å². The number of carbonyl (C=O) groups is 1. The molecule has 0 bridgehead atoms. The Morgan fingerprint density at radius 3 is 1.78 bits per heavy atom. The maximum absolute atomic E-state index is 11.7. The minimum absolute atomic E-state index is 0.0260. The lowest BCUT2D eigenvalue weighted by Crippen LogP contribution is -2.23. The summed E-state index contributed by atoms with van der Waals surface area (Å²) in [5.41, 5.74) is 6.73. The Kier molecular flexibility index (Phi) is 13.5. The summed E-state index contributed by atoms with van der Waals surface area (Å²) < 4.78 is 0. The minimum Gasteiger partial charge on any atom is -0.508 e. The summed E-state index contributed by atoms with van der Waals surface area (Å²) in [5, 5.41) is 9.33. The second-order valence-corrected chi connectivity index (χ2v) is 7.98. The van der Waals surface area contributed by atoms with Gasteiger partial charge in [0.15, 0.2) is 0 Å². The second-order valence-electron chi connectivity index (χ2n) is 7.98. The third-order valence-electron chi connectivity index (χ3n) is 5.53. The Labute approximate surface area is 166 Å². The molecule has 1 aromatic rings. The van der Waals surface area contributed by atoms with Gasteiger partial charge < -0.3 is 10.8 Å². The number of carbonyl (C=O) groups excluding carboxylic acids is 1. The minimum atomic E-state index is -0.170. The first-order chi connectivity index (χ1) is 13.1. The predicted molar refractivity (Wildman–Crippen MR) is 115 cm³/mol. The number of rotatable bonds is 17. The number of unbranched alkanes of at least 4 members (excludes halogenated alkanes) is 11. The molecule has 0 aliphatic carbocycles. The van der Waals surface area contributed by atoms with Gasteiger partial charge in [-0.1, -0.05) is 96.1 Å². The highest BCUT2D eigenvalue weighted by Crippen LogP contribution is 2.19. The zero-order valence-electron chi connectivity index (χ0n) is 17.4. The van der Waals surface area contributed by atoms with E-state index in [1.807, 2.05) is 12.1 Å². The van der Waals surface area contributed by atoms with Crippen molar-refractivity contribution in [2.75, 3.05) is 0 Å². The molecule has 0 heterocycles. The zero-order chi connectivity index (χ0) is 19.7. The van der Waals surface area contributed by atoms with Crippen molar-refractivity contribution >= 4 is 5.91 Å². The summed E-state index contributed by atoms with van der Waals surface area (Å²) in [4.78, 5) is 11.7. The van der Waals surface area contributed by atoms with Crippen molar-refractivity contribution in [3.8, 4) is 5.75 Å². The van der Waals surface area contributed by atoms with Gasteiger partial charge in [-0.15, -0.1) is 0 Å². The molecule has 27 heavy (non-hydrogen) atoms. The summed E-state index contributed by atoms with van der Waals surface area (Å²) in [6, 6.07) is 7.22. The molecule has 0 saturated carbocycles. The average molecular weight is 376 g/mol. The largest absolute Gasteiger partial charge is 0.508 e. The molecule has 0 saturated heterocycles. The van der Waals surface area contributed by atoms with E-state index in [0.717, 1.165) is 31.2 Å². The highest BCUT2D eigenvalue weighted by atomic mass is 16.3. The van der Waals surface area contributed by atoms with Crippen molar-refractivity contribution in [3.05, 3.63) is 29.8 Å². The molecule has 3 N–H and O–H groups in total. The van der Waals surface area contributed by atoms with Gasteiger partial charge >= 0.3 is 0 Å². The van der Waals surface area contributed by atoms with Crippen LogP contribution in [-0.4, -0.2) is 11.0 Å². The molecule has 0 aromatic heterocycles. The van der Waals surface area contributed by atoms with Crippen LogP contribution >= 0.6 is 0 Å². The van der Waals surface area contributed by atoms with Crippen LogP contribution in [0, 0.1) is 5.92 Å². The molecule has 0 fully saturated rings. The normalized spacial score (nSPS) is 12.2. The molecule has 154 valence electrons. The van der Waals surface area contributed by atoms with Crippen LogP contribution in [0.4, 0.5) is 0 Å². The topological polar surface area (TPSA) is 63.3 Å². The van der Waals surface area contributed by atoms with E-state index in [4.69, 9.17) is 5.73 Å². The standard InChI is InChI=1S/C24H41NO2/c1-2-3-4-5-6-7-8-9-10-11-12-13-14-22(24(25)27)18-15-21-16-19-23(26)20-17-21/h16-17,19-20,22,26H,2-15,18H2,1H3,(H2,25,27). The third-order valence-corrected chi connectivity index (χ3v) is 5.53. The molecule has 1 aromatic carbocycles. The third kappa shape index (κ3) is 12.5. The van der Waals surface area contributed by atoms with E-state index in [1.54, 1.807) is 12.1 Å². The highest BCUT2D eigenvalue weighted by Gasteiger charge is 2.14. The Bertz CT molecular complexity index is 484.